The molecule has 0 radical (unpaired) electrons. The number of hydrogen-bond acceptors (Lipinski definition) is 5. The zero-order chi connectivity index (χ0) is 23.8. The summed E-state index contributed by atoms with van der Waals surface area (Å²) in [5.41, 5.74) is 4.08. The SMILES string of the molecule is COc1ccc(/C=C/C(=O)Oc2ccc(-c3ccc(N=Nc4ccc(F)cc4)cc3)cc2)cc1. The predicted molar refractivity (Wildman–Crippen MR) is 130 cm³/mol. The number of carbonyl (C=O) groups excluding carboxylic acids is 1. The summed E-state index contributed by atoms with van der Waals surface area (Å²) >= 11 is 0. The van der Waals surface area contributed by atoms with E-state index in [0.29, 0.717) is 17.1 Å². The first kappa shape index (κ1) is 22.6. The van der Waals surface area contributed by atoms with Crippen molar-refractivity contribution < 1.29 is 18.7 Å². The molecule has 0 N–H and O–H groups in total. The van der Waals surface area contributed by atoms with E-state index in [1.54, 1.807) is 37.5 Å². The first-order chi connectivity index (χ1) is 16.6. The van der Waals surface area contributed by atoms with Crippen LogP contribution in [0.1, 0.15) is 5.56 Å². The number of methoxy groups -OCH3 is 1. The van der Waals surface area contributed by atoms with Crippen LogP contribution < -0.4 is 9.47 Å². The minimum absolute atomic E-state index is 0.311. The van der Waals surface area contributed by atoms with E-state index < -0.39 is 5.97 Å². The van der Waals surface area contributed by atoms with Crippen LogP contribution in [0.15, 0.2) is 113 Å². The van der Waals surface area contributed by atoms with Gasteiger partial charge in [0.2, 0.25) is 0 Å². The Hall–Kier alpha value is -4.58. The van der Waals surface area contributed by atoms with Gasteiger partial charge in [-0.2, -0.15) is 10.2 Å². The maximum Gasteiger partial charge on any atom is 0.336 e. The van der Waals surface area contributed by atoms with Crippen LogP contribution in [0, 0.1) is 5.82 Å². The van der Waals surface area contributed by atoms with Gasteiger partial charge in [-0.1, -0.05) is 36.4 Å². The molecule has 0 aromatic heterocycles. The first-order valence-corrected chi connectivity index (χ1v) is 10.5. The molecule has 168 valence electrons. The molecule has 0 aliphatic rings. The van der Waals surface area contributed by atoms with Crippen LogP contribution in [0.3, 0.4) is 0 Å². The van der Waals surface area contributed by atoms with Gasteiger partial charge in [0.05, 0.1) is 18.5 Å². The van der Waals surface area contributed by atoms with Crippen molar-refractivity contribution in [1.29, 1.82) is 0 Å². The molecule has 6 heteroatoms. The van der Waals surface area contributed by atoms with Gasteiger partial charge in [0, 0.05) is 6.08 Å². The van der Waals surface area contributed by atoms with Gasteiger partial charge >= 0.3 is 5.97 Å². The number of ether oxygens (including phenoxy) is 2. The predicted octanol–water partition coefficient (Wildman–Crippen LogP) is 7.54. The average Bonchev–Trinajstić information content (AvgIpc) is 2.88. The van der Waals surface area contributed by atoms with E-state index in [2.05, 4.69) is 10.2 Å². The molecule has 4 aromatic carbocycles. The van der Waals surface area contributed by atoms with Crippen LogP contribution in [0.25, 0.3) is 17.2 Å². The van der Waals surface area contributed by atoms with Crippen LogP contribution in [-0.4, -0.2) is 13.1 Å². The van der Waals surface area contributed by atoms with Crippen LogP contribution in [0.4, 0.5) is 15.8 Å². The van der Waals surface area contributed by atoms with Crippen molar-refractivity contribution in [3.05, 3.63) is 115 Å². The molecule has 0 unspecified atom stereocenters. The lowest BCUT2D eigenvalue weighted by Gasteiger charge is -2.05. The lowest BCUT2D eigenvalue weighted by molar-refractivity contribution is -0.128. The van der Waals surface area contributed by atoms with Crippen molar-refractivity contribution in [2.75, 3.05) is 7.11 Å². The average molecular weight is 452 g/mol. The second-order valence-corrected chi connectivity index (χ2v) is 7.28. The Kier molecular flexibility index (Phi) is 7.20. The van der Waals surface area contributed by atoms with Gasteiger partial charge in [0.1, 0.15) is 17.3 Å². The molecule has 0 heterocycles. The molecule has 0 spiro atoms. The molecule has 4 aromatic rings. The number of azo groups is 1. The normalized spacial score (nSPS) is 11.1. The Bertz CT molecular complexity index is 1300. The van der Waals surface area contributed by atoms with Gasteiger partial charge in [0.25, 0.3) is 0 Å². The summed E-state index contributed by atoms with van der Waals surface area (Å²) in [7, 11) is 1.60. The maximum absolute atomic E-state index is 13.0. The van der Waals surface area contributed by atoms with Crippen molar-refractivity contribution in [2.45, 2.75) is 0 Å². The van der Waals surface area contributed by atoms with Crippen LogP contribution in [0.5, 0.6) is 11.5 Å². The zero-order valence-corrected chi connectivity index (χ0v) is 18.4. The Morgan fingerprint density at radius 2 is 1.21 bits per heavy atom. The lowest BCUT2D eigenvalue weighted by Crippen LogP contribution is -2.03. The fourth-order valence-corrected chi connectivity index (χ4v) is 3.09. The number of nitrogens with zero attached hydrogens (tertiary/aromatic N) is 2. The minimum atomic E-state index is -0.459. The van der Waals surface area contributed by atoms with Gasteiger partial charge in [-0.3, -0.25) is 0 Å². The summed E-state index contributed by atoms with van der Waals surface area (Å²) < 4.78 is 23.4. The smallest absolute Gasteiger partial charge is 0.336 e. The van der Waals surface area contributed by atoms with Crippen molar-refractivity contribution in [3.63, 3.8) is 0 Å². The molecule has 0 amide bonds. The molecule has 34 heavy (non-hydrogen) atoms. The summed E-state index contributed by atoms with van der Waals surface area (Å²) in [6, 6.07) is 28.0. The summed E-state index contributed by atoms with van der Waals surface area (Å²) in [6.07, 6.45) is 3.07. The summed E-state index contributed by atoms with van der Waals surface area (Å²) in [6.45, 7) is 0. The van der Waals surface area contributed by atoms with E-state index in [0.717, 1.165) is 22.4 Å². The quantitative estimate of drug-likeness (QED) is 0.126. The monoisotopic (exact) mass is 452 g/mol. The molecule has 4 rings (SSSR count). The number of carbonyl (C=O) groups is 1. The van der Waals surface area contributed by atoms with Crippen molar-refractivity contribution >= 4 is 23.4 Å². The zero-order valence-electron chi connectivity index (χ0n) is 18.4. The van der Waals surface area contributed by atoms with Gasteiger partial charge in [-0.25, -0.2) is 9.18 Å². The van der Waals surface area contributed by atoms with Crippen LogP contribution >= 0.6 is 0 Å². The third kappa shape index (κ3) is 6.23. The summed E-state index contributed by atoms with van der Waals surface area (Å²) in [5.74, 6) is 0.440. The van der Waals surface area contributed by atoms with Crippen molar-refractivity contribution in [1.82, 2.24) is 0 Å². The molecule has 0 saturated heterocycles. The van der Waals surface area contributed by atoms with Crippen molar-refractivity contribution in [2.24, 2.45) is 10.2 Å². The third-order valence-corrected chi connectivity index (χ3v) is 4.91. The highest BCUT2D eigenvalue weighted by atomic mass is 19.1. The third-order valence-electron chi connectivity index (χ3n) is 4.91. The first-order valence-electron chi connectivity index (χ1n) is 10.5. The van der Waals surface area contributed by atoms with Gasteiger partial charge in [0.15, 0.2) is 0 Å². The maximum atomic E-state index is 13.0. The van der Waals surface area contributed by atoms with E-state index in [4.69, 9.17) is 9.47 Å². The molecular formula is C28H21FN2O3. The molecule has 5 nitrogen and oxygen atoms in total. The Morgan fingerprint density at radius 3 is 1.76 bits per heavy atom. The molecule has 0 aliphatic carbocycles. The standard InChI is InChI=1S/C28H21FN2O3/c1-33-26-15-2-20(3-16-26)4-19-28(32)34-27-17-7-22(8-18-27)21-5-11-24(12-6-21)30-31-25-13-9-23(29)10-14-25/h2-19H,1H3/b19-4+,31-30?. The van der Waals surface area contributed by atoms with Crippen LogP contribution in [0.2, 0.25) is 0 Å². The number of halogens is 1. The second kappa shape index (κ2) is 10.8. The highest BCUT2D eigenvalue weighted by Crippen LogP contribution is 2.26. The molecule has 0 saturated carbocycles. The molecule has 0 fully saturated rings. The summed E-state index contributed by atoms with van der Waals surface area (Å²) in [5, 5.41) is 8.27. The van der Waals surface area contributed by atoms with Crippen molar-refractivity contribution in [3.8, 4) is 22.6 Å². The highest BCUT2D eigenvalue weighted by Gasteiger charge is 2.03. The van der Waals surface area contributed by atoms with E-state index in [1.165, 1.54) is 18.2 Å². The Labute approximate surface area is 196 Å². The van der Waals surface area contributed by atoms with E-state index >= 15 is 0 Å². The fraction of sp³-hybridized carbons (Fsp3) is 0.0357. The van der Waals surface area contributed by atoms with Gasteiger partial charge in [-0.15, -0.1) is 0 Å². The highest BCUT2D eigenvalue weighted by molar-refractivity contribution is 5.88. The molecule has 0 atom stereocenters. The Balaban J connectivity index is 1.34. The summed E-state index contributed by atoms with van der Waals surface area (Å²) in [4.78, 5) is 12.1. The fourth-order valence-electron chi connectivity index (χ4n) is 3.09. The molecule has 0 bridgehead atoms. The lowest BCUT2D eigenvalue weighted by atomic mass is 10.1. The van der Waals surface area contributed by atoms with E-state index in [1.807, 2.05) is 60.7 Å². The number of hydrogen-bond donors (Lipinski definition) is 0. The van der Waals surface area contributed by atoms with Crippen LogP contribution in [-0.2, 0) is 4.79 Å². The minimum Gasteiger partial charge on any atom is -0.497 e. The Morgan fingerprint density at radius 1 is 0.706 bits per heavy atom. The number of rotatable bonds is 7. The molecule has 0 aliphatic heterocycles. The number of benzene rings is 4. The topological polar surface area (TPSA) is 60.2 Å². The largest absolute Gasteiger partial charge is 0.497 e. The molecular weight excluding hydrogens is 431 g/mol. The van der Waals surface area contributed by atoms with Gasteiger partial charge in [-0.05, 0) is 83.4 Å². The van der Waals surface area contributed by atoms with Gasteiger partial charge < -0.3 is 9.47 Å². The van der Waals surface area contributed by atoms with E-state index in [9.17, 15) is 9.18 Å². The number of esters is 1. The van der Waals surface area contributed by atoms with E-state index in [-0.39, 0.29) is 5.82 Å². The second-order valence-electron chi connectivity index (χ2n) is 7.28.